The molecule has 5 nitrogen and oxygen atoms in total. The van der Waals surface area contributed by atoms with E-state index < -0.39 is 17.8 Å². The molecular formula is C20H25NO4. The maximum Gasteiger partial charge on any atom is 0.307 e. The van der Waals surface area contributed by atoms with Gasteiger partial charge in [0.05, 0.1) is 24.6 Å². The summed E-state index contributed by atoms with van der Waals surface area (Å²) in [6.07, 6.45) is 4.67. The van der Waals surface area contributed by atoms with Crippen LogP contribution in [0.3, 0.4) is 0 Å². The molecule has 0 aromatic heterocycles. The van der Waals surface area contributed by atoms with E-state index in [1.54, 1.807) is 7.11 Å². The molecule has 2 aliphatic rings. The van der Waals surface area contributed by atoms with Crippen molar-refractivity contribution in [2.24, 2.45) is 23.7 Å². The number of rotatable bonds is 4. The maximum absolute atomic E-state index is 12.9. The Morgan fingerprint density at radius 1 is 1.16 bits per heavy atom. The molecule has 2 N–H and O–H groups in total. The number of nitrogens with one attached hydrogen (secondary N) is 1. The average molecular weight is 343 g/mol. The van der Waals surface area contributed by atoms with Crippen LogP contribution in [0, 0.1) is 23.7 Å². The SMILES string of the molecule is COc1ccc(C(C)(C)C)cc1NC(=O)[C@H]1[C@@H](C(=O)O)[C@H]2C=C[C@@H]1C2. The number of hydrogen-bond acceptors (Lipinski definition) is 3. The predicted molar refractivity (Wildman–Crippen MR) is 95.7 cm³/mol. The van der Waals surface area contributed by atoms with Crippen LogP contribution in [-0.2, 0) is 15.0 Å². The number of methoxy groups -OCH3 is 1. The van der Waals surface area contributed by atoms with E-state index in [1.807, 2.05) is 30.4 Å². The third-order valence-corrected chi connectivity index (χ3v) is 5.37. The van der Waals surface area contributed by atoms with Crippen molar-refractivity contribution in [3.05, 3.63) is 35.9 Å². The van der Waals surface area contributed by atoms with Gasteiger partial charge in [-0.25, -0.2) is 0 Å². The molecule has 134 valence electrons. The van der Waals surface area contributed by atoms with Gasteiger partial charge in [-0.3, -0.25) is 9.59 Å². The molecule has 0 unspecified atom stereocenters. The third-order valence-electron chi connectivity index (χ3n) is 5.37. The van der Waals surface area contributed by atoms with Gasteiger partial charge in [0, 0.05) is 0 Å². The Morgan fingerprint density at radius 2 is 1.80 bits per heavy atom. The van der Waals surface area contributed by atoms with E-state index in [0.717, 1.165) is 12.0 Å². The first kappa shape index (κ1) is 17.5. The number of allylic oxidation sites excluding steroid dienone is 2. The van der Waals surface area contributed by atoms with Gasteiger partial charge in [-0.05, 0) is 41.4 Å². The molecule has 1 saturated carbocycles. The number of anilines is 1. The monoisotopic (exact) mass is 343 g/mol. The van der Waals surface area contributed by atoms with Gasteiger partial charge in [0.25, 0.3) is 0 Å². The van der Waals surface area contributed by atoms with E-state index in [-0.39, 0.29) is 23.2 Å². The summed E-state index contributed by atoms with van der Waals surface area (Å²) >= 11 is 0. The van der Waals surface area contributed by atoms with Crippen molar-refractivity contribution in [1.82, 2.24) is 0 Å². The minimum atomic E-state index is -0.896. The van der Waals surface area contributed by atoms with Crippen molar-refractivity contribution >= 4 is 17.6 Å². The maximum atomic E-state index is 12.9. The number of benzene rings is 1. The molecule has 0 saturated heterocycles. The van der Waals surface area contributed by atoms with Gasteiger partial charge < -0.3 is 15.2 Å². The molecule has 25 heavy (non-hydrogen) atoms. The van der Waals surface area contributed by atoms with Crippen molar-refractivity contribution < 1.29 is 19.4 Å². The predicted octanol–water partition coefficient (Wildman–Crippen LogP) is 3.45. The summed E-state index contributed by atoms with van der Waals surface area (Å²) in [5.74, 6) is -1.78. The van der Waals surface area contributed by atoms with Crippen molar-refractivity contribution in [3.63, 3.8) is 0 Å². The molecule has 4 atom stereocenters. The molecule has 2 aliphatic carbocycles. The highest BCUT2D eigenvalue weighted by atomic mass is 16.5. The number of amides is 1. The molecule has 0 spiro atoms. The minimum absolute atomic E-state index is 0.00268. The van der Waals surface area contributed by atoms with Crippen molar-refractivity contribution in [3.8, 4) is 5.75 Å². The highest BCUT2D eigenvalue weighted by Crippen LogP contribution is 2.48. The Morgan fingerprint density at radius 3 is 2.36 bits per heavy atom. The summed E-state index contributed by atoms with van der Waals surface area (Å²) in [7, 11) is 1.56. The number of carbonyl (C=O) groups excluding carboxylic acids is 1. The summed E-state index contributed by atoms with van der Waals surface area (Å²) < 4.78 is 5.37. The Hall–Kier alpha value is -2.30. The fourth-order valence-corrected chi connectivity index (χ4v) is 4.00. The quantitative estimate of drug-likeness (QED) is 0.821. The number of ether oxygens (including phenoxy) is 1. The van der Waals surface area contributed by atoms with E-state index in [0.29, 0.717) is 11.4 Å². The lowest BCUT2D eigenvalue weighted by Gasteiger charge is -2.25. The van der Waals surface area contributed by atoms with E-state index in [4.69, 9.17) is 4.74 Å². The zero-order chi connectivity index (χ0) is 18.4. The zero-order valence-electron chi connectivity index (χ0n) is 15.1. The number of carboxylic acids is 1. The van der Waals surface area contributed by atoms with Crippen LogP contribution in [0.1, 0.15) is 32.8 Å². The summed E-state index contributed by atoms with van der Waals surface area (Å²) in [6, 6.07) is 5.73. The standard InChI is InChI=1S/C20H25NO4/c1-20(2,3)13-7-8-15(25-4)14(10-13)21-18(22)16-11-5-6-12(9-11)17(16)19(23)24/h5-8,10-12,16-17H,9H2,1-4H3,(H,21,22)(H,23,24)/t11-,12+,16-,17+/m1/s1. The van der Waals surface area contributed by atoms with Crippen molar-refractivity contribution in [1.29, 1.82) is 0 Å². The van der Waals surface area contributed by atoms with Crippen LogP contribution >= 0.6 is 0 Å². The first-order chi connectivity index (χ1) is 11.7. The van der Waals surface area contributed by atoms with Gasteiger partial charge in [-0.15, -0.1) is 0 Å². The second-order valence-corrected chi connectivity index (χ2v) is 7.99. The lowest BCUT2D eigenvalue weighted by atomic mass is 9.82. The number of carboxylic acid groups (broad SMARTS) is 1. The lowest BCUT2D eigenvalue weighted by Crippen LogP contribution is -2.36. The smallest absolute Gasteiger partial charge is 0.307 e. The van der Waals surface area contributed by atoms with E-state index >= 15 is 0 Å². The van der Waals surface area contributed by atoms with Gasteiger partial charge in [0.15, 0.2) is 0 Å². The zero-order valence-corrected chi connectivity index (χ0v) is 15.1. The van der Waals surface area contributed by atoms with Gasteiger partial charge in [0.2, 0.25) is 5.91 Å². The fraction of sp³-hybridized carbons (Fsp3) is 0.500. The van der Waals surface area contributed by atoms with Gasteiger partial charge in [-0.1, -0.05) is 39.0 Å². The van der Waals surface area contributed by atoms with E-state index in [2.05, 4.69) is 26.1 Å². The molecule has 3 rings (SSSR count). The Kier molecular flexibility index (Phi) is 4.35. The van der Waals surface area contributed by atoms with E-state index in [1.165, 1.54) is 0 Å². The number of fused-ring (bicyclic) bond motifs is 2. The number of hydrogen-bond donors (Lipinski definition) is 2. The molecule has 0 heterocycles. The van der Waals surface area contributed by atoms with Gasteiger partial charge >= 0.3 is 5.97 Å². The summed E-state index contributed by atoms with van der Waals surface area (Å²) in [5.41, 5.74) is 1.60. The first-order valence-electron chi connectivity index (χ1n) is 8.63. The van der Waals surface area contributed by atoms with Crippen molar-refractivity contribution in [2.75, 3.05) is 12.4 Å². The number of aliphatic carboxylic acids is 1. The second-order valence-electron chi connectivity index (χ2n) is 7.99. The van der Waals surface area contributed by atoms with Crippen LogP contribution in [0.25, 0.3) is 0 Å². The molecular weight excluding hydrogens is 318 g/mol. The lowest BCUT2D eigenvalue weighted by molar-refractivity contribution is -0.146. The van der Waals surface area contributed by atoms with Crippen LogP contribution in [0.15, 0.2) is 30.4 Å². The Balaban J connectivity index is 1.88. The largest absolute Gasteiger partial charge is 0.495 e. The van der Waals surface area contributed by atoms with Gasteiger partial charge in [0.1, 0.15) is 5.75 Å². The molecule has 1 aromatic carbocycles. The summed E-state index contributed by atoms with van der Waals surface area (Å²) in [6.45, 7) is 6.30. The topological polar surface area (TPSA) is 75.6 Å². The molecule has 2 bridgehead atoms. The molecule has 0 radical (unpaired) electrons. The van der Waals surface area contributed by atoms with Crippen LogP contribution in [0.2, 0.25) is 0 Å². The summed E-state index contributed by atoms with van der Waals surface area (Å²) in [5, 5.41) is 12.5. The highest BCUT2D eigenvalue weighted by Gasteiger charge is 2.51. The van der Waals surface area contributed by atoms with Crippen LogP contribution in [-0.4, -0.2) is 24.1 Å². The number of carbonyl (C=O) groups is 2. The second kappa shape index (κ2) is 6.21. The molecule has 5 heteroatoms. The van der Waals surface area contributed by atoms with Crippen LogP contribution in [0.5, 0.6) is 5.75 Å². The molecule has 1 fully saturated rings. The Bertz CT molecular complexity index is 732. The highest BCUT2D eigenvalue weighted by molar-refractivity contribution is 5.97. The van der Waals surface area contributed by atoms with Crippen LogP contribution in [0.4, 0.5) is 5.69 Å². The molecule has 1 aromatic rings. The Labute approximate surface area is 148 Å². The third kappa shape index (κ3) is 3.15. The van der Waals surface area contributed by atoms with Crippen molar-refractivity contribution in [2.45, 2.75) is 32.6 Å². The summed E-state index contributed by atoms with van der Waals surface area (Å²) in [4.78, 5) is 24.5. The molecule has 1 amide bonds. The normalized spacial score (nSPS) is 27.4. The van der Waals surface area contributed by atoms with Crippen LogP contribution < -0.4 is 10.1 Å². The van der Waals surface area contributed by atoms with E-state index in [9.17, 15) is 14.7 Å². The molecule has 0 aliphatic heterocycles. The average Bonchev–Trinajstić information content (AvgIpc) is 3.14. The minimum Gasteiger partial charge on any atom is -0.495 e. The fourth-order valence-electron chi connectivity index (χ4n) is 4.00. The first-order valence-corrected chi connectivity index (χ1v) is 8.63. The van der Waals surface area contributed by atoms with Gasteiger partial charge in [-0.2, -0.15) is 0 Å².